The Balaban J connectivity index is 2.30. The fourth-order valence-electron chi connectivity index (χ4n) is 2.32. The van der Waals surface area contributed by atoms with Gasteiger partial charge in [-0.05, 0) is 18.2 Å². The summed E-state index contributed by atoms with van der Waals surface area (Å²) in [7, 11) is 0. The van der Waals surface area contributed by atoms with Crippen LogP contribution in [0.2, 0.25) is 0 Å². The molecule has 26 heavy (non-hydrogen) atoms. The Labute approximate surface area is 140 Å². The van der Waals surface area contributed by atoms with Gasteiger partial charge < -0.3 is 5.11 Å². The average molecular weight is 375 g/mol. The molecule has 0 atom stereocenters. The number of alkyl halides is 6. The zero-order valence-electron chi connectivity index (χ0n) is 12.4. The zero-order valence-corrected chi connectivity index (χ0v) is 12.4. The van der Waals surface area contributed by atoms with Crippen LogP contribution in [-0.4, -0.2) is 25.7 Å². The van der Waals surface area contributed by atoms with Gasteiger partial charge in [-0.1, -0.05) is 12.1 Å². The topological polar surface area (TPSA) is 67.5 Å². The Morgan fingerprint density at radius 3 is 2.31 bits per heavy atom. The molecule has 0 unspecified atom stereocenters. The minimum atomic E-state index is -4.93. The molecule has 2 aromatic heterocycles. The van der Waals surface area contributed by atoms with Gasteiger partial charge in [0.15, 0.2) is 11.3 Å². The summed E-state index contributed by atoms with van der Waals surface area (Å²) in [5.41, 5.74) is -4.37. The van der Waals surface area contributed by atoms with E-state index in [2.05, 4.69) is 10.1 Å². The molecule has 0 bridgehead atoms. The Hall–Kier alpha value is -3.11. The van der Waals surface area contributed by atoms with Crippen molar-refractivity contribution in [2.75, 3.05) is 0 Å². The number of hydrogen-bond donors (Lipinski definition) is 1. The molecular formula is C15H7F6N3O2. The normalized spacial score (nSPS) is 12.5. The molecule has 0 spiro atoms. The average Bonchev–Trinajstić information content (AvgIpc) is 2.96. The fourth-order valence-corrected chi connectivity index (χ4v) is 2.32. The summed E-state index contributed by atoms with van der Waals surface area (Å²) >= 11 is 0. The molecule has 0 saturated heterocycles. The van der Waals surface area contributed by atoms with E-state index in [1.54, 1.807) is 0 Å². The Bertz CT molecular complexity index is 1010. The van der Waals surface area contributed by atoms with Gasteiger partial charge in [0.25, 0.3) is 0 Å². The molecule has 11 heteroatoms. The minimum Gasteiger partial charge on any atom is -0.477 e. The van der Waals surface area contributed by atoms with Crippen molar-refractivity contribution < 1.29 is 36.2 Å². The van der Waals surface area contributed by atoms with Crippen molar-refractivity contribution in [1.29, 1.82) is 0 Å². The van der Waals surface area contributed by atoms with E-state index in [0.29, 0.717) is 22.8 Å². The number of carboxylic acid groups (broad SMARTS) is 1. The standard InChI is InChI=1S/C15H7F6N3O2/c16-14(17,18)8-3-1-2-7(4-8)10-5-11(15(19,20)21)24-12(23-10)9(6-22-24)13(25)26/h1-6H,(H,25,26). The van der Waals surface area contributed by atoms with Crippen LogP contribution in [0.25, 0.3) is 16.9 Å². The van der Waals surface area contributed by atoms with Gasteiger partial charge in [-0.2, -0.15) is 31.4 Å². The number of hydrogen-bond acceptors (Lipinski definition) is 3. The Morgan fingerprint density at radius 1 is 1.04 bits per heavy atom. The maximum atomic E-state index is 13.3. The monoisotopic (exact) mass is 375 g/mol. The van der Waals surface area contributed by atoms with Crippen molar-refractivity contribution in [2.24, 2.45) is 0 Å². The van der Waals surface area contributed by atoms with Gasteiger partial charge >= 0.3 is 18.3 Å². The molecule has 0 amide bonds. The number of benzene rings is 1. The summed E-state index contributed by atoms with van der Waals surface area (Å²) < 4.78 is 78.6. The van der Waals surface area contributed by atoms with Crippen LogP contribution >= 0.6 is 0 Å². The van der Waals surface area contributed by atoms with E-state index in [9.17, 15) is 31.1 Å². The highest BCUT2D eigenvalue weighted by Crippen LogP contribution is 2.35. The first-order valence-corrected chi connectivity index (χ1v) is 6.85. The molecule has 3 aromatic rings. The lowest BCUT2D eigenvalue weighted by atomic mass is 10.1. The molecule has 2 heterocycles. The van der Waals surface area contributed by atoms with Gasteiger partial charge in [0.05, 0.1) is 17.5 Å². The SMILES string of the molecule is O=C(O)c1cnn2c(C(F)(F)F)cc(-c3cccc(C(F)(F)F)c3)nc12. The third-order valence-corrected chi connectivity index (χ3v) is 3.48. The summed E-state index contributed by atoms with van der Waals surface area (Å²) in [6.45, 7) is 0. The third kappa shape index (κ3) is 3.07. The van der Waals surface area contributed by atoms with Crippen molar-refractivity contribution >= 4 is 11.6 Å². The molecule has 0 radical (unpaired) electrons. The molecule has 0 fully saturated rings. The van der Waals surface area contributed by atoms with Gasteiger partial charge in [-0.3, -0.25) is 0 Å². The van der Waals surface area contributed by atoms with Crippen LogP contribution in [0.1, 0.15) is 21.6 Å². The van der Waals surface area contributed by atoms with Crippen LogP contribution in [0.3, 0.4) is 0 Å². The van der Waals surface area contributed by atoms with Crippen LogP contribution in [0, 0.1) is 0 Å². The molecule has 1 aromatic carbocycles. The van der Waals surface area contributed by atoms with Crippen LogP contribution in [0.15, 0.2) is 36.5 Å². The molecule has 136 valence electrons. The minimum absolute atomic E-state index is 0.245. The van der Waals surface area contributed by atoms with Gasteiger partial charge in [0.1, 0.15) is 5.56 Å². The van der Waals surface area contributed by atoms with Crippen molar-refractivity contribution in [2.45, 2.75) is 12.4 Å². The number of fused-ring (bicyclic) bond motifs is 1. The second-order valence-corrected chi connectivity index (χ2v) is 5.20. The van der Waals surface area contributed by atoms with Crippen LogP contribution in [0.4, 0.5) is 26.3 Å². The van der Waals surface area contributed by atoms with E-state index in [1.165, 1.54) is 0 Å². The molecule has 0 aliphatic carbocycles. The highest BCUT2D eigenvalue weighted by Gasteiger charge is 2.36. The number of aromatic carboxylic acids is 1. The molecule has 1 N–H and O–H groups in total. The summed E-state index contributed by atoms with van der Waals surface area (Å²) in [5, 5.41) is 12.4. The smallest absolute Gasteiger partial charge is 0.433 e. The van der Waals surface area contributed by atoms with Gasteiger partial charge in [-0.15, -0.1) is 0 Å². The summed E-state index contributed by atoms with van der Waals surface area (Å²) in [6, 6.07) is 4.07. The van der Waals surface area contributed by atoms with Crippen molar-refractivity contribution in [3.05, 3.63) is 53.3 Å². The van der Waals surface area contributed by atoms with Gasteiger partial charge in [0, 0.05) is 5.56 Å². The van der Waals surface area contributed by atoms with E-state index < -0.39 is 46.5 Å². The van der Waals surface area contributed by atoms with Gasteiger partial charge in [-0.25, -0.2) is 14.3 Å². The second-order valence-electron chi connectivity index (χ2n) is 5.20. The van der Waals surface area contributed by atoms with E-state index in [-0.39, 0.29) is 5.56 Å². The molecule has 0 saturated carbocycles. The lowest BCUT2D eigenvalue weighted by Crippen LogP contribution is -2.14. The van der Waals surface area contributed by atoms with Crippen LogP contribution < -0.4 is 0 Å². The first kappa shape index (κ1) is 17.7. The molecule has 3 rings (SSSR count). The maximum absolute atomic E-state index is 13.3. The predicted molar refractivity (Wildman–Crippen MR) is 75.4 cm³/mol. The lowest BCUT2D eigenvalue weighted by molar-refractivity contribution is -0.142. The predicted octanol–water partition coefficient (Wildman–Crippen LogP) is 4.13. The Kier molecular flexibility index (Phi) is 3.89. The van der Waals surface area contributed by atoms with Crippen molar-refractivity contribution in [3.63, 3.8) is 0 Å². The lowest BCUT2D eigenvalue weighted by Gasteiger charge is -2.12. The maximum Gasteiger partial charge on any atom is 0.433 e. The first-order chi connectivity index (χ1) is 12.0. The van der Waals surface area contributed by atoms with Crippen LogP contribution in [0.5, 0.6) is 0 Å². The quantitative estimate of drug-likeness (QED) is 0.684. The summed E-state index contributed by atoms with van der Waals surface area (Å²) in [4.78, 5) is 14.9. The zero-order chi connectivity index (χ0) is 19.3. The van der Waals surface area contributed by atoms with E-state index in [1.807, 2.05) is 0 Å². The number of aromatic nitrogens is 3. The Morgan fingerprint density at radius 2 is 1.73 bits per heavy atom. The van der Waals surface area contributed by atoms with Gasteiger partial charge in [0.2, 0.25) is 0 Å². The van der Waals surface area contributed by atoms with Crippen molar-refractivity contribution in [3.8, 4) is 11.3 Å². The summed E-state index contributed by atoms with van der Waals surface area (Å²) in [6.07, 6.45) is -8.94. The molecule has 0 aliphatic heterocycles. The van der Waals surface area contributed by atoms with Crippen molar-refractivity contribution in [1.82, 2.24) is 14.6 Å². The highest BCUT2D eigenvalue weighted by atomic mass is 19.4. The largest absolute Gasteiger partial charge is 0.477 e. The highest BCUT2D eigenvalue weighted by molar-refractivity contribution is 5.94. The van der Waals surface area contributed by atoms with E-state index >= 15 is 0 Å². The third-order valence-electron chi connectivity index (χ3n) is 3.48. The number of carbonyl (C=O) groups is 1. The summed E-state index contributed by atoms with van der Waals surface area (Å²) in [5.74, 6) is -1.57. The number of rotatable bonds is 2. The molecular weight excluding hydrogens is 368 g/mol. The first-order valence-electron chi connectivity index (χ1n) is 6.85. The van der Waals surface area contributed by atoms with E-state index in [4.69, 9.17) is 5.11 Å². The van der Waals surface area contributed by atoms with E-state index in [0.717, 1.165) is 18.2 Å². The van der Waals surface area contributed by atoms with Crippen LogP contribution in [-0.2, 0) is 12.4 Å². The molecule has 5 nitrogen and oxygen atoms in total. The number of nitrogens with zero attached hydrogens (tertiary/aromatic N) is 3. The fraction of sp³-hybridized carbons (Fsp3) is 0.133. The number of carboxylic acids is 1. The number of halogens is 6. The second kappa shape index (κ2) is 5.71. The molecule has 0 aliphatic rings.